The second-order valence-electron chi connectivity index (χ2n) is 5.95. The zero-order valence-electron chi connectivity index (χ0n) is 13.7. The van der Waals surface area contributed by atoms with Gasteiger partial charge in [-0.25, -0.2) is 13.1 Å². The van der Waals surface area contributed by atoms with Gasteiger partial charge in [-0.1, -0.05) is 6.07 Å². The summed E-state index contributed by atoms with van der Waals surface area (Å²) in [4.78, 5) is 4.46. The van der Waals surface area contributed by atoms with Crippen LogP contribution in [0.5, 0.6) is 0 Å². The van der Waals surface area contributed by atoms with Crippen LogP contribution in [-0.4, -0.2) is 52.3 Å². The topological polar surface area (TPSA) is 91.8 Å². The van der Waals surface area contributed by atoms with E-state index in [2.05, 4.69) is 20.3 Å². The van der Waals surface area contributed by atoms with E-state index in [1.807, 2.05) is 6.92 Å². The lowest BCUT2D eigenvalue weighted by atomic mass is 9.96. The monoisotopic (exact) mass is 372 g/mol. The Bertz CT molecular complexity index is 660. The molecule has 3 N–H and O–H groups in total. The lowest BCUT2D eigenvalue weighted by Crippen LogP contribution is -2.47. The van der Waals surface area contributed by atoms with Crippen molar-refractivity contribution in [2.75, 3.05) is 19.6 Å². The molecule has 0 aliphatic carbocycles. The Morgan fingerprint density at radius 1 is 1.46 bits per heavy atom. The number of sulfonamides is 1. The van der Waals surface area contributed by atoms with Gasteiger partial charge in [0.25, 0.3) is 0 Å². The van der Waals surface area contributed by atoms with E-state index >= 15 is 0 Å². The number of fused-ring (bicyclic) bond motifs is 2. The van der Waals surface area contributed by atoms with Gasteiger partial charge >= 0.3 is 0 Å². The zero-order chi connectivity index (χ0) is 17.0. The summed E-state index contributed by atoms with van der Waals surface area (Å²) in [6.45, 7) is 3.41. The summed E-state index contributed by atoms with van der Waals surface area (Å²) in [5.74, 6) is 0.717. The lowest BCUT2D eigenvalue weighted by Gasteiger charge is -2.22. The molecule has 2 aliphatic heterocycles. The minimum Gasteiger partial charge on any atom is -0.373 e. The van der Waals surface area contributed by atoms with Gasteiger partial charge in [0.05, 0.1) is 24.8 Å². The van der Waals surface area contributed by atoms with Crippen LogP contribution in [0.3, 0.4) is 0 Å². The van der Waals surface area contributed by atoms with Crippen LogP contribution in [0.25, 0.3) is 0 Å². The molecule has 2 bridgehead atoms. The smallest absolute Gasteiger partial charge is 0.250 e. The maximum Gasteiger partial charge on any atom is 0.250 e. The Balaban J connectivity index is 1.49. The van der Waals surface area contributed by atoms with Gasteiger partial charge in [0, 0.05) is 13.1 Å². The van der Waals surface area contributed by atoms with Crippen molar-refractivity contribution >= 4 is 27.3 Å². The Hall–Kier alpha value is -1.16. The third-order valence-corrected chi connectivity index (χ3v) is 7.06. The maximum atomic E-state index is 12.0. The maximum absolute atomic E-state index is 12.0. The minimum absolute atomic E-state index is 0.268. The van der Waals surface area contributed by atoms with Crippen molar-refractivity contribution in [3.63, 3.8) is 0 Å². The highest BCUT2D eigenvalue weighted by Gasteiger charge is 2.41. The second-order valence-corrected chi connectivity index (χ2v) is 8.89. The van der Waals surface area contributed by atoms with Crippen molar-refractivity contribution in [3.05, 3.63) is 17.5 Å². The fraction of sp³-hybridized carbons (Fsp3) is 0.667. The van der Waals surface area contributed by atoms with Crippen LogP contribution in [0.15, 0.2) is 26.7 Å². The largest absolute Gasteiger partial charge is 0.373 e. The van der Waals surface area contributed by atoms with Gasteiger partial charge in [0.15, 0.2) is 5.96 Å². The fourth-order valence-electron chi connectivity index (χ4n) is 3.12. The number of hydrogen-bond acceptors (Lipinski definition) is 5. The molecule has 2 fully saturated rings. The second kappa shape index (κ2) is 7.81. The highest BCUT2D eigenvalue weighted by atomic mass is 32.2. The molecule has 3 unspecified atom stereocenters. The molecule has 3 rings (SSSR count). The van der Waals surface area contributed by atoms with Gasteiger partial charge < -0.3 is 15.4 Å². The highest BCUT2D eigenvalue weighted by molar-refractivity contribution is 7.91. The van der Waals surface area contributed by atoms with Crippen LogP contribution in [0.1, 0.15) is 26.2 Å². The molecule has 1 aromatic heterocycles. The third kappa shape index (κ3) is 4.27. The average Bonchev–Trinajstić information content (AvgIpc) is 3.28. The molecule has 9 heteroatoms. The number of aliphatic imine (C=N–C) groups is 1. The number of hydrogen-bond donors (Lipinski definition) is 3. The molecule has 7 nitrogen and oxygen atoms in total. The Morgan fingerprint density at radius 2 is 2.33 bits per heavy atom. The molecule has 0 spiro atoms. The van der Waals surface area contributed by atoms with Gasteiger partial charge in [0.1, 0.15) is 4.21 Å². The summed E-state index contributed by atoms with van der Waals surface area (Å²) in [5, 5.41) is 8.36. The molecule has 0 aromatic carbocycles. The van der Waals surface area contributed by atoms with Gasteiger partial charge in [-0.2, -0.15) is 0 Å². The standard InChI is InChI=1S/C15H24N4O3S2/c1-2-16-15(19-12-10-11-5-6-13(12)22-11)17-7-8-18-24(20,21)14-4-3-9-23-14/h3-4,9,11-13,18H,2,5-8,10H2,1H3,(H2,16,17,19). The van der Waals surface area contributed by atoms with Crippen LogP contribution in [0.2, 0.25) is 0 Å². The minimum atomic E-state index is -3.42. The molecular formula is C15H24N4O3S2. The summed E-state index contributed by atoms with van der Waals surface area (Å²) in [6, 6.07) is 3.61. The molecular weight excluding hydrogens is 348 g/mol. The molecule has 0 amide bonds. The number of nitrogens with one attached hydrogen (secondary N) is 3. The first-order valence-electron chi connectivity index (χ1n) is 8.32. The normalized spacial score (nSPS) is 26.7. The fourth-order valence-corrected chi connectivity index (χ4v) is 5.18. The first-order chi connectivity index (χ1) is 11.6. The molecule has 3 atom stereocenters. The van der Waals surface area contributed by atoms with E-state index in [0.717, 1.165) is 25.8 Å². The first-order valence-corrected chi connectivity index (χ1v) is 10.7. The van der Waals surface area contributed by atoms with Gasteiger partial charge in [0.2, 0.25) is 10.0 Å². The number of ether oxygens (including phenoxy) is 1. The summed E-state index contributed by atoms with van der Waals surface area (Å²) in [5.41, 5.74) is 0. The molecule has 1 aromatic rings. The van der Waals surface area contributed by atoms with Crippen molar-refractivity contribution in [2.24, 2.45) is 4.99 Å². The molecule has 0 radical (unpaired) electrons. The average molecular weight is 373 g/mol. The lowest BCUT2D eigenvalue weighted by molar-refractivity contribution is 0.0992. The molecule has 0 saturated carbocycles. The Labute approximate surface area is 146 Å². The van der Waals surface area contributed by atoms with E-state index in [0.29, 0.717) is 28.9 Å². The third-order valence-electron chi connectivity index (χ3n) is 4.21. The van der Waals surface area contributed by atoms with Gasteiger partial charge in [-0.15, -0.1) is 11.3 Å². The number of nitrogens with zero attached hydrogens (tertiary/aromatic N) is 1. The van der Waals surface area contributed by atoms with Crippen molar-refractivity contribution < 1.29 is 13.2 Å². The number of rotatable bonds is 7. The predicted molar refractivity (Wildman–Crippen MR) is 94.9 cm³/mol. The zero-order valence-corrected chi connectivity index (χ0v) is 15.3. The molecule has 2 aliphatic rings. The van der Waals surface area contributed by atoms with Gasteiger partial charge in [-0.3, -0.25) is 4.99 Å². The molecule has 3 heterocycles. The van der Waals surface area contributed by atoms with E-state index in [1.54, 1.807) is 17.5 Å². The molecule has 2 saturated heterocycles. The van der Waals surface area contributed by atoms with Crippen LogP contribution >= 0.6 is 11.3 Å². The van der Waals surface area contributed by atoms with E-state index in [9.17, 15) is 8.42 Å². The number of thiophene rings is 1. The highest BCUT2D eigenvalue weighted by Crippen LogP contribution is 2.34. The van der Waals surface area contributed by atoms with Crippen LogP contribution < -0.4 is 15.4 Å². The Kier molecular flexibility index (Phi) is 5.75. The van der Waals surface area contributed by atoms with E-state index in [-0.39, 0.29) is 12.6 Å². The summed E-state index contributed by atoms with van der Waals surface area (Å²) >= 11 is 1.21. The predicted octanol–water partition coefficient (Wildman–Crippen LogP) is 0.901. The van der Waals surface area contributed by atoms with E-state index in [1.165, 1.54) is 11.3 Å². The van der Waals surface area contributed by atoms with E-state index in [4.69, 9.17) is 4.74 Å². The number of guanidine groups is 1. The van der Waals surface area contributed by atoms with Crippen LogP contribution in [0, 0.1) is 0 Å². The summed E-state index contributed by atoms with van der Waals surface area (Å²) in [6.07, 6.45) is 3.92. The van der Waals surface area contributed by atoms with E-state index < -0.39 is 10.0 Å². The van der Waals surface area contributed by atoms with Crippen molar-refractivity contribution in [1.29, 1.82) is 0 Å². The van der Waals surface area contributed by atoms with Crippen LogP contribution in [-0.2, 0) is 14.8 Å². The summed E-state index contributed by atoms with van der Waals surface area (Å²) in [7, 11) is -3.42. The van der Waals surface area contributed by atoms with Gasteiger partial charge in [-0.05, 0) is 37.6 Å². The Morgan fingerprint density at radius 3 is 2.96 bits per heavy atom. The van der Waals surface area contributed by atoms with Crippen LogP contribution in [0.4, 0.5) is 0 Å². The van der Waals surface area contributed by atoms with Crippen molar-refractivity contribution in [1.82, 2.24) is 15.4 Å². The SMILES string of the molecule is CCNC(=NCCNS(=O)(=O)c1cccs1)NC1CC2CCC1O2. The van der Waals surface area contributed by atoms with Crippen molar-refractivity contribution in [3.8, 4) is 0 Å². The first kappa shape index (κ1) is 17.7. The molecule has 134 valence electrons. The quantitative estimate of drug-likeness (QED) is 0.376. The summed E-state index contributed by atoms with van der Waals surface area (Å²) < 4.78 is 32.8. The molecule has 24 heavy (non-hydrogen) atoms. The van der Waals surface area contributed by atoms with Crippen molar-refractivity contribution in [2.45, 2.75) is 48.6 Å².